The minimum Gasteiger partial charge on any atom is -0.354 e. The minimum atomic E-state index is -0.138. The van der Waals surface area contributed by atoms with Crippen LogP contribution in [0.1, 0.15) is 19.8 Å². The van der Waals surface area contributed by atoms with Crippen molar-refractivity contribution in [3.63, 3.8) is 0 Å². The van der Waals surface area contributed by atoms with Gasteiger partial charge in [-0.25, -0.2) is 4.68 Å². The number of piperidine rings is 1. The Balaban J connectivity index is 1.37. The molecule has 3 heterocycles. The van der Waals surface area contributed by atoms with Gasteiger partial charge in [-0.15, -0.1) is 10.2 Å². The highest BCUT2D eigenvalue weighted by molar-refractivity contribution is 5.94. The van der Waals surface area contributed by atoms with Crippen LogP contribution in [-0.4, -0.2) is 44.9 Å². The lowest BCUT2D eigenvalue weighted by atomic mass is 9.97. The smallest absolute Gasteiger partial charge is 0.229 e. The fraction of sp³-hybridized carbons (Fsp3) is 0.286. The summed E-state index contributed by atoms with van der Waals surface area (Å²) in [7, 11) is 0. The number of benzene rings is 1. The van der Waals surface area contributed by atoms with E-state index in [-0.39, 0.29) is 17.7 Å². The molecular formula is C21H23N7O2. The Bertz CT molecular complexity index is 1000. The molecule has 30 heavy (non-hydrogen) atoms. The molecule has 0 radical (unpaired) electrons. The summed E-state index contributed by atoms with van der Waals surface area (Å²) in [6.45, 7) is 2.89. The number of hydrogen-bond donors (Lipinski definition) is 2. The fourth-order valence-electron chi connectivity index (χ4n) is 3.50. The topological polar surface area (TPSA) is 105 Å². The van der Waals surface area contributed by atoms with E-state index < -0.39 is 0 Å². The van der Waals surface area contributed by atoms with Crippen LogP contribution in [0.3, 0.4) is 0 Å². The molecule has 4 rings (SSSR count). The monoisotopic (exact) mass is 405 g/mol. The second-order valence-corrected chi connectivity index (χ2v) is 7.23. The molecule has 1 aromatic carbocycles. The second-order valence-electron chi connectivity index (χ2n) is 7.23. The van der Waals surface area contributed by atoms with Crippen molar-refractivity contribution < 1.29 is 9.59 Å². The van der Waals surface area contributed by atoms with E-state index in [2.05, 4.69) is 30.8 Å². The summed E-state index contributed by atoms with van der Waals surface area (Å²) in [5, 5.41) is 18.4. The number of hydrogen-bond acceptors (Lipinski definition) is 6. The number of nitrogens with one attached hydrogen (secondary N) is 2. The summed E-state index contributed by atoms with van der Waals surface area (Å²) in [5.41, 5.74) is 1.40. The van der Waals surface area contributed by atoms with Gasteiger partial charge in [0.25, 0.3) is 0 Å². The van der Waals surface area contributed by atoms with E-state index in [0.717, 1.165) is 25.2 Å². The first kappa shape index (κ1) is 19.6. The largest absolute Gasteiger partial charge is 0.354 e. The third kappa shape index (κ3) is 4.62. The summed E-state index contributed by atoms with van der Waals surface area (Å²) in [5.74, 6) is 1.12. The zero-order valence-electron chi connectivity index (χ0n) is 16.7. The van der Waals surface area contributed by atoms with E-state index in [9.17, 15) is 9.59 Å². The average molecular weight is 405 g/mol. The Morgan fingerprint density at radius 3 is 2.33 bits per heavy atom. The van der Waals surface area contributed by atoms with Crippen molar-refractivity contribution in [3.05, 3.63) is 54.9 Å². The summed E-state index contributed by atoms with van der Waals surface area (Å²) in [6.07, 6.45) is 5.23. The van der Waals surface area contributed by atoms with Crippen LogP contribution in [0.15, 0.2) is 54.9 Å². The maximum atomic E-state index is 12.8. The molecule has 1 aliphatic heterocycles. The Morgan fingerprint density at radius 2 is 1.70 bits per heavy atom. The van der Waals surface area contributed by atoms with Gasteiger partial charge >= 0.3 is 0 Å². The van der Waals surface area contributed by atoms with Crippen LogP contribution in [0.4, 0.5) is 17.2 Å². The highest BCUT2D eigenvalue weighted by atomic mass is 16.2. The van der Waals surface area contributed by atoms with Crippen LogP contribution >= 0.6 is 0 Å². The number of carbonyl (C=O) groups excluding carboxylic acids is 2. The summed E-state index contributed by atoms with van der Waals surface area (Å²) < 4.78 is 1.65. The highest BCUT2D eigenvalue weighted by Gasteiger charge is 2.27. The molecule has 0 bridgehead atoms. The van der Waals surface area contributed by atoms with Gasteiger partial charge in [-0.1, -0.05) is 0 Å². The Morgan fingerprint density at radius 1 is 1.00 bits per heavy atom. The van der Waals surface area contributed by atoms with Gasteiger partial charge in [-0.2, -0.15) is 5.10 Å². The summed E-state index contributed by atoms with van der Waals surface area (Å²) in [6, 6.07) is 12.7. The predicted octanol–water partition coefficient (Wildman–Crippen LogP) is 2.48. The first-order valence-corrected chi connectivity index (χ1v) is 9.86. The Hall–Kier alpha value is -3.75. The molecule has 1 aliphatic rings. The zero-order chi connectivity index (χ0) is 20.9. The molecule has 1 atom stereocenters. The van der Waals surface area contributed by atoms with Gasteiger partial charge in [0.1, 0.15) is 0 Å². The molecule has 1 unspecified atom stereocenters. The number of aromatic nitrogens is 4. The third-order valence-corrected chi connectivity index (χ3v) is 4.96. The Labute approximate surface area is 174 Å². The van der Waals surface area contributed by atoms with Crippen LogP contribution in [0.25, 0.3) is 5.82 Å². The molecule has 154 valence electrons. The first-order chi connectivity index (χ1) is 14.6. The summed E-state index contributed by atoms with van der Waals surface area (Å²) in [4.78, 5) is 26.0. The molecule has 0 spiro atoms. The molecule has 2 amide bonds. The number of carbonyl (C=O) groups is 2. The highest BCUT2D eigenvalue weighted by Crippen LogP contribution is 2.23. The van der Waals surface area contributed by atoms with E-state index in [0.29, 0.717) is 23.7 Å². The lowest BCUT2D eigenvalue weighted by Crippen LogP contribution is -2.41. The molecule has 0 aliphatic carbocycles. The van der Waals surface area contributed by atoms with E-state index in [1.807, 2.05) is 24.4 Å². The number of anilines is 3. The van der Waals surface area contributed by atoms with Crippen LogP contribution in [0.5, 0.6) is 0 Å². The third-order valence-electron chi connectivity index (χ3n) is 4.96. The molecule has 0 saturated carbocycles. The molecule has 2 aromatic heterocycles. The van der Waals surface area contributed by atoms with Crippen molar-refractivity contribution in [2.24, 2.45) is 5.92 Å². The van der Waals surface area contributed by atoms with Gasteiger partial charge < -0.3 is 15.5 Å². The van der Waals surface area contributed by atoms with E-state index in [1.165, 1.54) is 6.92 Å². The maximum absolute atomic E-state index is 12.8. The van der Waals surface area contributed by atoms with Gasteiger partial charge in [-0.05, 0) is 55.3 Å². The standard InChI is InChI=1S/C21H23N7O2/c1-15(29)23-17-5-7-18(8-6-17)24-21(30)16-4-2-12-27(14-16)19-9-10-20(26-25-19)28-13-3-11-22-28/h3,5-11,13,16H,2,4,12,14H2,1H3,(H,23,29)(H,24,30). The molecule has 1 saturated heterocycles. The van der Waals surface area contributed by atoms with Gasteiger partial charge in [0.2, 0.25) is 11.8 Å². The van der Waals surface area contributed by atoms with Crippen molar-refractivity contribution in [2.45, 2.75) is 19.8 Å². The maximum Gasteiger partial charge on any atom is 0.229 e. The second kappa shape index (κ2) is 8.73. The van der Waals surface area contributed by atoms with Crippen molar-refractivity contribution >= 4 is 29.0 Å². The number of rotatable bonds is 5. The minimum absolute atomic E-state index is 0.0203. The van der Waals surface area contributed by atoms with Gasteiger partial charge in [0.05, 0.1) is 5.92 Å². The SMILES string of the molecule is CC(=O)Nc1ccc(NC(=O)C2CCCN(c3ccc(-n4cccn4)nn3)C2)cc1. The van der Waals surface area contributed by atoms with E-state index in [4.69, 9.17) is 0 Å². The van der Waals surface area contributed by atoms with Crippen LogP contribution < -0.4 is 15.5 Å². The van der Waals surface area contributed by atoms with Crippen molar-refractivity contribution in [1.82, 2.24) is 20.0 Å². The molecule has 9 heteroatoms. The van der Waals surface area contributed by atoms with E-state index >= 15 is 0 Å². The quantitative estimate of drug-likeness (QED) is 0.676. The average Bonchev–Trinajstić information content (AvgIpc) is 3.30. The molecule has 1 fully saturated rings. The first-order valence-electron chi connectivity index (χ1n) is 9.86. The molecular weight excluding hydrogens is 382 g/mol. The van der Waals surface area contributed by atoms with Gasteiger partial charge in [0, 0.05) is 43.8 Å². The van der Waals surface area contributed by atoms with Crippen molar-refractivity contribution in [2.75, 3.05) is 28.6 Å². The van der Waals surface area contributed by atoms with Crippen molar-refractivity contribution in [1.29, 1.82) is 0 Å². The number of nitrogens with zero attached hydrogens (tertiary/aromatic N) is 5. The number of amides is 2. The van der Waals surface area contributed by atoms with Crippen molar-refractivity contribution in [3.8, 4) is 5.82 Å². The van der Waals surface area contributed by atoms with Gasteiger partial charge in [-0.3, -0.25) is 9.59 Å². The zero-order valence-corrected chi connectivity index (χ0v) is 16.7. The predicted molar refractivity (Wildman–Crippen MR) is 113 cm³/mol. The molecule has 9 nitrogen and oxygen atoms in total. The normalized spacial score (nSPS) is 16.2. The fourth-order valence-corrected chi connectivity index (χ4v) is 3.50. The van der Waals surface area contributed by atoms with Gasteiger partial charge in [0.15, 0.2) is 11.6 Å². The van der Waals surface area contributed by atoms with Crippen LogP contribution in [0.2, 0.25) is 0 Å². The molecule has 2 N–H and O–H groups in total. The lowest BCUT2D eigenvalue weighted by Gasteiger charge is -2.32. The van der Waals surface area contributed by atoms with E-state index in [1.54, 1.807) is 35.1 Å². The summed E-state index contributed by atoms with van der Waals surface area (Å²) >= 11 is 0. The molecule has 3 aromatic rings. The Kier molecular flexibility index (Phi) is 5.69. The van der Waals surface area contributed by atoms with Crippen LogP contribution in [-0.2, 0) is 9.59 Å². The van der Waals surface area contributed by atoms with Crippen LogP contribution in [0, 0.1) is 5.92 Å². The lowest BCUT2D eigenvalue weighted by molar-refractivity contribution is -0.120.